The van der Waals surface area contributed by atoms with Crippen LogP contribution in [-0.2, 0) is 6.42 Å². The zero-order valence-corrected chi connectivity index (χ0v) is 15.8. The van der Waals surface area contributed by atoms with E-state index in [1.165, 1.54) is 5.56 Å². The number of nitrogens with zero attached hydrogens (tertiary/aromatic N) is 1. The minimum atomic E-state index is -0.184. The molecule has 1 aliphatic rings. The summed E-state index contributed by atoms with van der Waals surface area (Å²) in [7, 11) is 0. The van der Waals surface area contributed by atoms with E-state index in [0.29, 0.717) is 23.4 Å². The predicted molar refractivity (Wildman–Crippen MR) is 112 cm³/mol. The highest BCUT2D eigenvalue weighted by Gasteiger charge is 2.23. The lowest BCUT2D eigenvalue weighted by Crippen LogP contribution is -2.35. The molecule has 0 atom stereocenters. The van der Waals surface area contributed by atoms with E-state index in [1.54, 1.807) is 18.2 Å². The maximum Gasteiger partial charge on any atom is 0.258 e. The van der Waals surface area contributed by atoms with Crippen LogP contribution in [0, 0.1) is 6.92 Å². The molecular weight excluding hydrogens is 348 g/mol. The van der Waals surface area contributed by atoms with Gasteiger partial charge in [-0.15, -0.1) is 0 Å². The van der Waals surface area contributed by atoms with Crippen LogP contribution in [0.5, 0.6) is 0 Å². The molecule has 0 fully saturated rings. The highest BCUT2D eigenvalue weighted by Crippen LogP contribution is 2.29. The summed E-state index contributed by atoms with van der Waals surface area (Å²) in [6.45, 7) is 2.63. The molecule has 28 heavy (non-hydrogen) atoms. The van der Waals surface area contributed by atoms with Crippen LogP contribution in [0.15, 0.2) is 72.8 Å². The molecule has 2 amide bonds. The van der Waals surface area contributed by atoms with Crippen molar-refractivity contribution < 1.29 is 9.59 Å². The smallest absolute Gasteiger partial charge is 0.258 e. The SMILES string of the molecule is Cc1ccc(C(=O)N2CCCc3ccccc32)cc1NC(=O)c1ccccc1. The average molecular weight is 370 g/mol. The highest BCUT2D eigenvalue weighted by atomic mass is 16.2. The molecule has 4 heteroatoms. The molecule has 0 aromatic heterocycles. The first-order chi connectivity index (χ1) is 13.6. The number of carbonyl (C=O) groups excluding carboxylic acids is 2. The van der Waals surface area contributed by atoms with Gasteiger partial charge in [-0.05, 0) is 61.2 Å². The molecule has 0 radical (unpaired) electrons. The van der Waals surface area contributed by atoms with Crippen LogP contribution in [0.3, 0.4) is 0 Å². The summed E-state index contributed by atoms with van der Waals surface area (Å²) in [5.41, 5.74) is 4.92. The number of fused-ring (bicyclic) bond motifs is 1. The van der Waals surface area contributed by atoms with Crippen LogP contribution in [-0.4, -0.2) is 18.4 Å². The Bertz CT molecular complexity index is 1030. The first kappa shape index (κ1) is 18.0. The van der Waals surface area contributed by atoms with Crippen LogP contribution in [0.25, 0.3) is 0 Å². The number of para-hydroxylation sites is 1. The molecule has 0 saturated carbocycles. The Hall–Kier alpha value is -3.40. The van der Waals surface area contributed by atoms with Gasteiger partial charge in [0.25, 0.3) is 11.8 Å². The lowest BCUT2D eigenvalue weighted by atomic mass is 10.0. The summed E-state index contributed by atoms with van der Waals surface area (Å²) < 4.78 is 0. The molecule has 0 aliphatic carbocycles. The highest BCUT2D eigenvalue weighted by molar-refractivity contribution is 6.09. The fourth-order valence-electron chi connectivity index (χ4n) is 3.57. The van der Waals surface area contributed by atoms with Gasteiger partial charge in [0, 0.05) is 29.0 Å². The molecule has 0 saturated heterocycles. The number of benzene rings is 3. The fraction of sp³-hybridized carbons (Fsp3) is 0.167. The summed E-state index contributed by atoms with van der Waals surface area (Å²) >= 11 is 0. The van der Waals surface area contributed by atoms with E-state index in [2.05, 4.69) is 11.4 Å². The lowest BCUT2D eigenvalue weighted by Gasteiger charge is -2.29. The number of nitrogens with one attached hydrogen (secondary N) is 1. The Morgan fingerprint density at radius 3 is 2.46 bits per heavy atom. The summed E-state index contributed by atoms with van der Waals surface area (Å²) in [6, 6.07) is 22.6. The second-order valence-corrected chi connectivity index (χ2v) is 7.04. The molecule has 0 bridgehead atoms. The Balaban J connectivity index is 1.61. The maximum atomic E-state index is 13.2. The zero-order valence-electron chi connectivity index (χ0n) is 15.8. The number of hydrogen-bond acceptors (Lipinski definition) is 2. The van der Waals surface area contributed by atoms with Crippen molar-refractivity contribution in [2.24, 2.45) is 0 Å². The molecule has 1 N–H and O–H groups in total. The van der Waals surface area contributed by atoms with E-state index in [-0.39, 0.29) is 11.8 Å². The van der Waals surface area contributed by atoms with Crippen molar-refractivity contribution in [2.75, 3.05) is 16.8 Å². The quantitative estimate of drug-likeness (QED) is 0.717. The van der Waals surface area contributed by atoms with Gasteiger partial charge in [0.2, 0.25) is 0 Å². The number of rotatable bonds is 3. The van der Waals surface area contributed by atoms with Crippen LogP contribution >= 0.6 is 0 Å². The van der Waals surface area contributed by atoms with Crippen molar-refractivity contribution in [3.63, 3.8) is 0 Å². The molecule has 3 aromatic rings. The summed E-state index contributed by atoms with van der Waals surface area (Å²) in [5.74, 6) is -0.223. The zero-order chi connectivity index (χ0) is 19.5. The van der Waals surface area contributed by atoms with Crippen molar-refractivity contribution in [1.29, 1.82) is 0 Å². The predicted octanol–water partition coefficient (Wildman–Crippen LogP) is 4.84. The molecule has 0 spiro atoms. The van der Waals surface area contributed by atoms with Crippen LogP contribution < -0.4 is 10.2 Å². The van der Waals surface area contributed by atoms with E-state index >= 15 is 0 Å². The van der Waals surface area contributed by atoms with E-state index in [4.69, 9.17) is 0 Å². The van der Waals surface area contributed by atoms with Crippen LogP contribution in [0.2, 0.25) is 0 Å². The number of amides is 2. The number of anilines is 2. The molecular formula is C24H22N2O2. The Kier molecular flexibility index (Phi) is 4.94. The first-order valence-corrected chi connectivity index (χ1v) is 9.50. The van der Waals surface area contributed by atoms with Crippen molar-refractivity contribution in [1.82, 2.24) is 0 Å². The van der Waals surface area contributed by atoms with Gasteiger partial charge in [0.05, 0.1) is 0 Å². The summed E-state index contributed by atoms with van der Waals surface area (Å²) in [6.07, 6.45) is 1.94. The topological polar surface area (TPSA) is 49.4 Å². The van der Waals surface area contributed by atoms with E-state index < -0.39 is 0 Å². The van der Waals surface area contributed by atoms with E-state index in [0.717, 1.165) is 24.1 Å². The van der Waals surface area contributed by atoms with Gasteiger partial charge < -0.3 is 10.2 Å². The Morgan fingerprint density at radius 1 is 0.893 bits per heavy atom. The number of carbonyl (C=O) groups is 2. The normalized spacial score (nSPS) is 13.0. The van der Waals surface area contributed by atoms with Gasteiger partial charge in [-0.1, -0.05) is 42.5 Å². The molecule has 3 aromatic carbocycles. The summed E-state index contributed by atoms with van der Waals surface area (Å²) in [5, 5.41) is 2.93. The molecule has 1 heterocycles. The van der Waals surface area contributed by atoms with Gasteiger partial charge in [-0.2, -0.15) is 0 Å². The van der Waals surface area contributed by atoms with Gasteiger partial charge >= 0.3 is 0 Å². The second-order valence-electron chi connectivity index (χ2n) is 7.04. The third-order valence-electron chi connectivity index (χ3n) is 5.12. The molecule has 4 rings (SSSR count). The third-order valence-corrected chi connectivity index (χ3v) is 5.12. The monoisotopic (exact) mass is 370 g/mol. The van der Waals surface area contributed by atoms with Crippen LogP contribution in [0.1, 0.15) is 38.3 Å². The second kappa shape index (κ2) is 7.69. The minimum Gasteiger partial charge on any atom is -0.322 e. The van der Waals surface area contributed by atoms with E-state index in [1.807, 2.05) is 60.4 Å². The van der Waals surface area contributed by atoms with Gasteiger partial charge in [-0.3, -0.25) is 9.59 Å². The van der Waals surface area contributed by atoms with Crippen molar-refractivity contribution in [3.05, 3.63) is 95.1 Å². The minimum absolute atomic E-state index is 0.0395. The van der Waals surface area contributed by atoms with Crippen molar-refractivity contribution in [3.8, 4) is 0 Å². The van der Waals surface area contributed by atoms with Crippen molar-refractivity contribution in [2.45, 2.75) is 19.8 Å². The van der Waals surface area contributed by atoms with Gasteiger partial charge in [0.15, 0.2) is 0 Å². The number of aryl methyl sites for hydroxylation is 2. The molecule has 140 valence electrons. The maximum absolute atomic E-state index is 13.2. The van der Waals surface area contributed by atoms with Crippen LogP contribution in [0.4, 0.5) is 11.4 Å². The fourth-order valence-corrected chi connectivity index (χ4v) is 3.57. The largest absolute Gasteiger partial charge is 0.322 e. The average Bonchev–Trinajstić information content (AvgIpc) is 2.75. The standard InChI is InChI=1S/C24H22N2O2/c1-17-13-14-20(16-21(17)25-23(27)19-9-3-2-4-10-19)24(28)26-15-7-11-18-8-5-6-12-22(18)26/h2-6,8-10,12-14,16H,7,11,15H2,1H3,(H,25,27). The molecule has 4 nitrogen and oxygen atoms in total. The van der Waals surface area contributed by atoms with Gasteiger partial charge in [-0.25, -0.2) is 0 Å². The first-order valence-electron chi connectivity index (χ1n) is 9.50. The Labute approximate surface area is 164 Å². The lowest BCUT2D eigenvalue weighted by molar-refractivity contribution is 0.0982. The third kappa shape index (κ3) is 3.54. The molecule has 0 unspecified atom stereocenters. The number of hydrogen-bond donors (Lipinski definition) is 1. The summed E-state index contributed by atoms with van der Waals surface area (Å²) in [4.78, 5) is 27.5. The Morgan fingerprint density at radius 2 is 1.64 bits per heavy atom. The van der Waals surface area contributed by atoms with E-state index in [9.17, 15) is 9.59 Å². The van der Waals surface area contributed by atoms with Crippen molar-refractivity contribution >= 4 is 23.2 Å². The van der Waals surface area contributed by atoms with Gasteiger partial charge in [0.1, 0.15) is 0 Å². The molecule has 1 aliphatic heterocycles.